The van der Waals surface area contributed by atoms with Crippen molar-refractivity contribution in [2.24, 2.45) is 23.7 Å². The number of benzene rings is 1. The lowest BCUT2D eigenvalue weighted by molar-refractivity contribution is -0.271. The van der Waals surface area contributed by atoms with E-state index < -0.39 is 71.5 Å². The quantitative estimate of drug-likeness (QED) is 0.131. The summed E-state index contributed by atoms with van der Waals surface area (Å²) in [7, 11) is 3.61. The Morgan fingerprint density at radius 3 is 2.31 bits per heavy atom. The molecule has 1 aromatic carbocycles. The fraction of sp³-hybridized carbons (Fsp3) is 0.761. The average molecular weight is 859 g/mol. The molecule has 15 heteroatoms. The predicted octanol–water partition coefficient (Wildman–Crippen LogP) is 4.88. The van der Waals surface area contributed by atoms with Crippen LogP contribution in [0.4, 0.5) is 0 Å². The minimum absolute atomic E-state index is 0.0755. The molecule has 2 aliphatic rings. The van der Waals surface area contributed by atoms with E-state index in [4.69, 9.17) is 24.1 Å². The Morgan fingerprint density at radius 1 is 1.00 bits per heavy atom. The lowest BCUT2D eigenvalue weighted by atomic mass is 9.74. The van der Waals surface area contributed by atoms with E-state index in [1.165, 1.54) is 14.0 Å². The number of methoxy groups -OCH3 is 1. The summed E-state index contributed by atoms with van der Waals surface area (Å²) in [5, 5.41) is 52.1. The summed E-state index contributed by atoms with van der Waals surface area (Å²) < 4.78 is 27.1. The van der Waals surface area contributed by atoms with Crippen LogP contribution in [0.2, 0.25) is 0 Å². The van der Waals surface area contributed by atoms with E-state index in [1.807, 2.05) is 24.7 Å². The van der Waals surface area contributed by atoms with Crippen LogP contribution in [0.1, 0.15) is 119 Å². The smallest absolute Gasteiger partial charge is 0.311 e. The van der Waals surface area contributed by atoms with Crippen LogP contribution in [0.15, 0.2) is 30.5 Å². The molecule has 344 valence electrons. The number of hydrogen-bond donors (Lipinski definition) is 4. The Morgan fingerprint density at radius 2 is 1.67 bits per heavy atom. The molecule has 2 aromatic rings. The van der Waals surface area contributed by atoms with Gasteiger partial charge in [-0.15, -0.1) is 5.10 Å². The van der Waals surface area contributed by atoms with Gasteiger partial charge in [-0.05, 0) is 72.4 Å². The third-order valence-corrected chi connectivity index (χ3v) is 13.3. The summed E-state index contributed by atoms with van der Waals surface area (Å²) in [6.45, 7) is 14.7. The van der Waals surface area contributed by atoms with Gasteiger partial charge in [-0.3, -0.25) is 24.0 Å². The van der Waals surface area contributed by atoms with Crippen LogP contribution in [0, 0.1) is 23.7 Å². The minimum atomic E-state index is -1.92. The number of ether oxygens (including phenoxy) is 4. The molecule has 0 aliphatic carbocycles. The largest absolute Gasteiger partial charge is 0.459 e. The van der Waals surface area contributed by atoms with Crippen molar-refractivity contribution in [3.05, 3.63) is 36.0 Å². The van der Waals surface area contributed by atoms with Crippen molar-refractivity contribution in [2.75, 3.05) is 20.8 Å². The molecule has 2 saturated heterocycles. The van der Waals surface area contributed by atoms with E-state index >= 15 is 0 Å². The lowest BCUT2D eigenvalue weighted by Gasteiger charge is -2.47. The standard InChI is InChI=1S/C46H74N4O11/c1-11-38-46(8,57)42(55)30(4)40(53)28(2)24-45(7,58-10)43(31(5)41(54)32(6)44(56)60-38)61-39-23-35(22-29(3)59-39)49(9)25-33-17-19-34(20-18-33)37-26-50(48-47-37)21-15-13-12-14-16-36(52)27-51/h17-20,26,28-32,35,38-39,41-43,51,54-55,57H,11-16,21-25,27H2,1-10H3/t28-,29-,30+,31+,32-,35+,38?,39?,41-,42-,43-,45+,46-/m1/s1. The van der Waals surface area contributed by atoms with E-state index in [9.17, 15) is 29.7 Å². The fourth-order valence-electron chi connectivity index (χ4n) is 9.24. The van der Waals surface area contributed by atoms with Crippen LogP contribution in [0.25, 0.3) is 11.3 Å². The van der Waals surface area contributed by atoms with Gasteiger partial charge in [0.05, 0.1) is 42.1 Å². The van der Waals surface area contributed by atoms with Crippen LogP contribution < -0.4 is 0 Å². The van der Waals surface area contributed by atoms with E-state index in [-0.39, 0.29) is 43.2 Å². The number of Topliss-reactive ketones (excluding diaryl/α,β-unsaturated/α-hetero) is 2. The number of aryl methyl sites for hydroxylation is 1. The lowest BCUT2D eigenvalue weighted by Crippen LogP contribution is -2.58. The Balaban J connectivity index is 1.46. The first-order valence-corrected chi connectivity index (χ1v) is 22.3. The number of aromatic nitrogens is 3. The average Bonchev–Trinajstić information content (AvgIpc) is 3.72. The topological polar surface area (TPSA) is 203 Å². The minimum Gasteiger partial charge on any atom is -0.459 e. The summed E-state index contributed by atoms with van der Waals surface area (Å²) in [5.74, 6) is -4.47. The van der Waals surface area contributed by atoms with E-state index in [2.05, 4.69) is 46.5 Å². The van der Waals surface area contributed by atoms with Crippen molar-refractivity contribution < 1.29 is 53.8 Å². The normalized spacial score (nSPS) is 34.6. The molecule has 0 saturated carbocycles. The van der Waals surface area contributed by atoms with Crippen molar-refractivity contribution in [2.45, 2.75) is 180 Å². The molecule has 2 aliphatic heterocycles. The molecule has 15 nitrogen and oxygen atoms in total. The molecule has 2 unspecified atom stereocenters. The van der Waals surface area contributed by atoms with Gasteiger partial charge in [0.2, 0.25) is 0 Å². The number of cyclic esters (lactones) is 1. The van der Waals surface area contributed by atoms with Crippen LogP contribution >= 0.6 is 0 Å². The third kappa shape index (κ3) is 13.0. The number of rotatable bonds is 16. The van der Waals surface area contributed by atoms with Crippen LogP contribution in [0.5, 0.6) is 0 Å². The van der Waals surface area contributed by atoms with Gasteiger partial charge in [0.15, 0.2) is 12.1 Å². The molecule has 61 heavy (non-hydrogen) atoms. The number of ketones is 2. The second-order valence-corrected chi connectivity index (χ2v) is 18.4. The Bertz CT molecular complexity index is 1700. The number of aliphatic hydroxyl groups excluding tert-OH is 3. The molecule has 0 amide bonds. The molecule has 13 atom stereocenters. The molecule has 0 spiro atoms. The first-order chi connectivity index (χ1) is 28.8. The highest BCUT2D eigenvalue weighted by Gasteiger charge is 2.51. The van der Waals surface area contributed by atoms with Crippen LogP contribution in [0.3, 0.4) is 0 Å². The predicted molar refractivity (Wildman–Crippen MR) is 229 cm³/mol. The number of aliphatic hydroxyl groups is 4. The van der Waals surface area contributed by atoms with Gasteiger partial charge in [-0.1, -0.05) is 70.0 Å². The van der Waals surface area contributed by atoms with Crippen molar-refractivity contribution in [1.29, 1.82) is 0 Å². The number of carbonyl (C=O) groups is 3. The second kappa shape index (κ2) is 22.5. The van der Waals surface area contributed by atoms with Crippen molar-refractivity contribution in [3.8, 4) is 11.3 Å². The van der Waals surface area contributed by atoms with Gasteiger partial charge in [-0.25, -0.2) is 0 Å². The van der Waals surface area contributed by atoms with E-state index in [1.54, 1.807) is 34.6 Å². The first-order valence-electron chi connectivity index (χ1n) is 22.3. The van der Waals surface area contributed by atoms with E-state index in [0.29, 0.717) is 19.4 Å². The molecule has 1 aromatic heterocycles. The number of carbonyl (C=O) groups excluding carboxylic acids is 3. The molecule has 4 rings (SSSR count). The SMILES string of the molecule is CCC1OC(=O)[C@H](C)[C@H](O)[C@H](C)[C@@H](OC2C[C@@H](N(C)Cc3ccc(-c4cn(CCCCCCC(=O)CO)nn4)cc3)C[C@@H](C)O2)[C@@](C)(OC)C[C@@H](C)C(=O)[C@H](C)[C@@H](O)[C@]1(C)O. The maximum atomic E-state index is 13.9. The summed E-state index contributed by atoms with van der Waals surface area (Å²) in [5.41, 5.74) is -0.187. The monoisotopic (exact) mass is 859 g/mol. The zero-order chi connectivity index (χ0) is 45.2. The molecule has 2 fully saturated rings. The van der Waals surface area contributed by atoms with Gasteiger partial charge >= 0.3 is 5.97 Å². The molecule has 4 N–H and O–H groups in total. The number of nitrogens with zero attached hydrogens (tertiary/aromatic N) is 4. The van der Waals surface area contributed by atoms with E-state index in [0.717, 1.165) is 55.5 Å². The Hall–Kier alpha value is -3.15. The van der Waals surface area contributed by atoms with Gasteiger partial charge in [0.1, 0.15) is 29.8 Å². The van der Waals surface area contributed by atoms with Crippen molar-refractivity contribution >= 4 is 17.5 Å². The van der Waals surface area contributed by atoms with Crippen molar-refractivity contribution in [3.63, 3.8) is 0 Å². The van der Waals surface area contributed by atoms with Gasteiger partial charge in [0.25, 0.3) is 0 Å². The zero-order valence-electron chi connectivity index (χ0n) is 38.2. The summed E-state index contributed by atoms with van der Waals surface area (Å²) >= 11 is 0. The first kappa shape index (κ1) is 50.5. The highest BCUT2D eigenvalue weighted by Crippen LogP contribution is 2.39. The van der Waals surface area contributed by atoms with Gasteiger partial charge in [0, 0.05) is 62.4 Å². The van der Waals surface area contributed by atoms with Crippen molar-refractivity contribution in [1.82, 2.24) is 19.9 Å². The van der Waals surface area contributed by atoms with Gasteiger partial charge in [-0.2, -0.15) is 0 Å². The maximum absolute atomic E-state index is 13.9. The zero-order valence-corrected chi connectivity index (χ0v) is 38.2. The number of unbranched alkanes of at least 4 members (excludes halogenated alkanes) is 3. The number of esters is 1. The molecule has 0 bridgehead atoms. The summed E-state index contributed by atoms with van der Waals surface area (Å²) in [6.07, 6.45) is 2.03. The molecular weight excluding hydrogens is 785 g/mol. The molecular formula is C46H74N4O11. The molecule has 3 heterocycles. The second-order valence-electron chi connectivity index (χ2n) is 18.4. The number of hydrogen-bond acceptors (Lipinski definition) is 14. The molecule has 0 radical (unpaired) electrons. The summed E-state index contributed by atoms with van der Waals surface area (Å²) in [6, 6.07) is 8.36. The highest BCUT2D eigenvalue weighted by atomic mass is 16.7. The van der Waals surface area contributed by atoms with Crippen LogP contribution in [-0.2, 0) is 46.4 Å². The van der Waals surface area contributed by atoms with Crippen LogP contribution in [-0.4, -0.2) is 133 Å². The Labute approximate surface area is 362 Å². The summed E-state index contributed by atoms with van der Waals surface area (Å²) in [4.78, 5) is 41.0. The van der Waals surface area contributed by atoms with Gasteiger partial charge < -0.3 is 39.4 Å². The third-order valence-electron chi connectivity index (χ3n) is 13.3. The highest BCUT2D eigenvalue weighted by molar-refractivity contribution is 5.83. The Kier molecular flexibility index (Phi) is 18.6. The fourth-order valence-corrected chi connectivity index (χ4v) is 9.24. The maximum Gasteiger partial charge on any atom is 0.311 e.